The Morgan fingerprint density at radius 2 is 2.05 bits per heavy atom. The fourth-order valence-corrected chi connectivity index (χ4v) is 3.23. The van der Waals surface area contributed by atoms with E-state index in [4.69, 9.17) is 28.3 Å². The number of aryl methyl sites for hydroxylation is 1. The summed E-state index contributed by atoms with van der Waals surface area (Å²) in [6.45, 7) is 3.05. The number of hydrogen-bond donors (Lipinski definition) is 1. The molecular formula is C14H17Cl2N3OS. The molecule has 0 bridgehead atoms. The molecule has 114 valence electrons. The molecule has 2 rings (SSSR count). The molecule has 1 aromatic carbocycles. The van der Waals surface area contributed by atoms with Gasteiger partial charge >= 0.3 is 0 Å². The van der Waals surface area contributed by atoms with Crippen LogP contribution in [0, 0.1) is 0 Å². The Morgan fingerprint density at radius 1 is 1.24 bits per heavy atom. The summed E-state index contributed by atoms with van der Waals surface area (Å²) >= 11 is 13.5. The van der Waals surface area contributed by atoms with Gasteiger partial charge in [-0.3, -0.25) is 0 Å². The number of nitrogens with zero attached hydrogens (tertiary/aromatic N) is 3. The topological polar surface area (TPSA) is 50.9 Å². The minimum atomic E-state index is 0.169. The Bertz CT molecular complexity index is 604. The largest absolute Gasteiger partial charge is 0.396 e. The summed E-state index contributed by atoms with van der Waals surface area (Å²) < 4.78 is 2.08. The zero-order chi connectivity index (χ0) is 15.2. The van der Waals surface area contributed by atoms with E-state index in [0.29, 0.717) is 16.5 Å². The van der Waals surface area contributed by atoms with Crippen LogP contribution in [-0.4, -0.2) is 26.5 Å². The SMILES string of the molecule is CCn1c(CCCO)nnc1SCc1ccc(Cl)c(Cl)c1. The summed E-state index contributed by atoms with van der Waals surface area (Å²) in [6, 6.07) is 5.63. The lowest BCUT2D eigenvalue weighted by molar-refractivity contribution is 0.286. The van der Waals surface area contributed by atoms with Gasteiger partial charge in [0, 0.05) is 25.3 Å². The number of aliphatic hydroxyl groups excluding tert-OH is 1. The molecule has 0 saturated heterocycles. The van der Waals surface area contributed by atoms with E-state index in [1.807, 2.05) is 12.1 Å². The molecule has 2 aromatic rings. The lowest BCUT2D eigenvalue weighted by atomic mass is 10.2. The second kappa shape index (κ2) is 8.03. The molecule has 0 fully saturated rings. The maximum absolute atomic E-state index is 8.91. The zero-order valence-corrected chi connectivity index (χ0v) is 14.0. The van der Waals surface area contributed by atoms with Crippen molar-refractivity contribution in [1.82, 2.24) is 14.8 Å². The van der Waals surface area contributed by atoms with Crippen molar-refractivity contribution in [3.05, 3.63) is 39.6 Å². The van der Waals surface area contributed by atoms with Crippen LogP contribution in [-0.2, 0) is 18.7 Å². The number of hydrogen-bond acceptors (Lipinski definition) is 4. The maximum Gasteiger partial charge on any atom is 0.191 e. The van der Waals surface area contributed by atoms with Crippen molar-refractivity contribution in [3.63, 3.8) is 0 Å². The lowest BCUT2D eigenvalue weighted by Gasteiger charge is -2.07. The van der Waals surface area contributed by atoms with Crippen LogP contribution in [0.1, 0.15) is 24.7 Å². The Kier molecular flexibility index (Phi) is 6.36. The van der Waals surface area contributed by atoms with Gasteiger partial charge in [-0.1, -0.05) is 41.0 Å². The number of benzene rings is 1. The standard InChI is InChI=1S/C14H17Cl2N3OS/c1-2-19-13(4-3-7-20)17-18-14(19)21-9-10-5-6-11(15)12(16)8-10/h5-6,8,20H,2-4,7,9H2,1H3. The zero-order valence-electron chi connectivity index (χ0n) is 11.7. The average Bonchev–Trinajstić information content (AvgIpc) is 2.88. The number of thioether (sulfide) groups is 1. The third kappa shape index (κ3) is 4.36. The van der Waals surface area contributed by atoms with Crippen LogP contribution >= 0.6 is 35.0 Å². The van der Waals surface area contributed by atoms with E-state index in [9.17, 15) is 0 Å². The number of halogens is 2. The van der Waals surface area contributed by atoms with Gasteiger partial charge in [0.2, 0.25) is 0 Å². The Hall–Kier alpha value is -0.750. The third-order valence-corrected chi connectivity index (χ3v) is 4.80. The van der Waals surface area contributed by atoms with Crippen molar-refractivity contribution in [2.75, 3.05) is 6.61 Å². The third-order valence-electron chi connectivity index (χ3n) is 3.02. The summed E-state index contributed by atoms with van der Waals surface area (Å²) in [5.41, 5.74) is 1.09. The summed E-state index contributed by atoms with van der Waals surface area (Å²) in [4.78, 5) is 0. The van der Waals surface area contributed by atoms with E-state index in [1.165, 1.54) is 0 Å². The Balaban J connectivity index is 2.05. The van der Waals surface area contributed by atoms with Crippen LogP contribution in [0.4, 0.5) is 0 Å². The molecule has 0 aliphatic rings. The predicted octanol–water partition coefficient (Wildman–Crippen LogP) is 3.82. The molecule has 0 unspecified atom stereocenters. The second-order valence-corrected chi connectivity index (χ2v) is 6.26. The van der Waals surface area contributed by atoms with Crippen molar-refractivity contribution in [2.24, 2.45) is 0 Å². The van der Waals surface area contributed by atoms with Crippen LogP contribution in [0.25, 0.3) is 0 Å². The van der Waals surface area contributed by atoms with E-state index in [0.717, 1.165) is 35.3 Å². The number of rotatable bonds is 7. The smallest absolute Gasteiger partial charge is 0.191 e. The average molecular weight is 346 g/mol. The molecule has 0 amide bonds. The molecule has 0 aliphatic carbocycles. The summed E-state index contributed by atoms with van der Waals surface area (Å²) in [5.74, 6) is 1.68. The molecule has 0 atom stereocenters. The first kappa shape index (κ1) is 16.6. The van der Waals surface area contributed by atoms with Gasteiger partial charge in [0.05, 0.1) is 10.0 Å². The molecule has 4 nitrogen and oxygen atoms in total. The summed E-state index contributed by atoms with van der Waals surface area (Å²) in [6.07, 6.45) is 1.44. The molecule has 7 heteroatoms. The maximum atomic E-state index is 8.91. The first-order valence-electron chi connectivity index (χ1n) is 6.75. The van der Waals surface area contributed by atoms with Gasteiger partial charge in [-0.2, -0.15) is 0 Å². The van der Waals surface area contributed by atoms with Crippen LogP contribution in [0.2, 0.25) is 10.0 Å². The highest BCUT2D eigenvalue weighted by Crippen LogP contribution is 2.27. The molecule has 1 heterocycles. The molecule has 1 aromatic heterocycles. The molecule has 0 saturated carbocycles. The van der Waals surface area contributed by atoms with Crippen molar-refractivity contribution < 1.29 is 5.11 Å². The second-order valence-electron chi connectivity index (χ2n) is 4.51. The van der Waals surface area contributed by atoms with E-state index < -0.39 is 0 Å². The van der Waals surface area contributed by atoms with Gasteiger partial charge in [0.15, 0.2) is 5.16 Å². The number of aromatic nitrogens is 3. The van der Waals surface area contributed by atoms with Crippen LogP contribution in [0.3, 0.4) is 0 Å². The fourth-order valence-electron chi connectivity index (χ4n) is 1.94. The van der Waals surface area contributed by atoms with Gasteiger partial charge in [-0.15, -0.1) is 10.2 Å². The first-order chi connectivity index (χ1) is 10.2. The predicted molar refractivity (Wildman–Crippen MR) is 87.1 cm³/mol. The highest BCUT2D eigenvalue weighted by atomic mass is 35.5. The molecule has 0 spiro atoms. The van der Waals surface area contributed by atoms with Crippen LogP contribution in [0.15, 0.2) is 23.4 Å². The lowest BCUT2D eigenvalue weighted by Crippen LogP contribution is -2.04. The minimum absolute atomic E-state index is 0.169. The van der Waals surface area contributed by atoms with E-state index in [-0.39, 0.29) is 6.61 Å². The van der Waals surface area contributed by atoms with Gasteiger partial charge in [-0.05, 0) is 31.0 Å². The van der Waals surface area contributed by atoms with Gasteiger partial charge in [0.1, 0.15) is 5.82 Å². The van der Waals surface area contributed by atoms with Gasteiger partial charge in [0.25, 0.3) is 0 Å². The minimum Gasteiger partial charge on any atom is -0.396 e. The molecule has 0 aliphatic heterocycles. The van der Waals surface area contributed by atoms with Crippen molar-refractivity contribution >= 4 is 35.0 Å². The highest BCUT2D eigenvalue weighted by molar-refractivity contribution is 7.98. The molecule has 1 N–H and O–H groups in total. The van der Waals surface area contributed by atoms with Crippen LogP contribution < -0.4 is 0 Å². The van der Waals surface area contributed by atoms with Crippen LogP contribution in [0.5, 0.6) is 0 Å². The van der Waals surface area contributed by atoms with Gasteiger partial charge in [-0.25, -0.2) is 0 Å². The Labute approximate surface area is 138 Å². The molecule has 0 radical (unpaired) electrons. The van der Waals surface area contributed by atoms with E-state index in [2.05, 4.69) is 21.7 Å². The van der Waals surface area contributed by atoms with Crippen molar-refractivity contribution in [2.45, 2.75) is 37.2 Å². The van der Waals surface area contributed by atoms with Crippen molar-refractivity contribution in [1.29, 1.82) is 0 Å². The Morgan fingerprint density at radius 3 is 2.71 bits per heavy atom. The van der Waals surface area contributed by atoms with E-state index >= 15 is 0 Å². The monoisotopic (exact) mass is 345 g/mol. The normalized spacial score (nSPS) is 11.0. The first-order valence-corrected chi connectivity index (χ1v) is 8.49. The molecule has 21 heavy (non-hydrogen) atoms. The van der Waals surface area contributed by atoms with E-state index in [1.54, 1.807) is 17.8 Å². The quantitative estimate of drug-likeness (QED) is 0.775. The summed E-state index contributed by atoms with van der Waals surface area (Å²) in [7, 11) is 0. The fraction of sp³-hybridized carbons (Fsp3) is 0.429. The van der Waals surface area contributed by atoms with Crippen molar-refractivity contribution in [3.8, 4) is 0 Å². The number of aliphatic hydroxyl groups is 1. The molecular weight excluding hydrogens is 329 g/mol. The van der Waals surface area contributed by atoms with Gasteiger partial charge < -0.3 is 9.67 Å². The highest BCUT2D eigenvalue weighted by Gasteiger charge is 2.11. The summed E-state index contributed by atoms with van der Waals surface area (Å²) in [5, 5.41) is 19.4.